The molecule has 1 aromatic heterocycles. The first kappa shape index (κ1) is 18.5. The zero-order valence-corrected chi connectivity index (χ0v) is 16.8. The molecule has 2 aromatic carbocycles. The Morgan fingerprint density at radius 2 is 1.89 bits per heavy atom. The first-order chi connectivity index (χ1) is 13.6. The molecule has 8 heteroatoms. The van der Waals surface area contributed by atoms with Crippen LogP contribution in [0.3, 0.4) is 0 Å². The summed E-state index contributed by atoms with van der Waals surface area (Å²) in [4.78, 5) is 21.4. The molecule has 0 radical (unpaired) electrons. The predicted molar refractivity (Wildman–Crippen MR) is 110 cm³/mol. The Morgan fingerprint density at radius 1 is 1.18 bits per heavy atom. The fraction of sp³-hybridized carbons (Fsp3) is 0.250. The smallest absolute Gasteiger partial charge is 0.253 e. The van der Waals surface area contributed by atoms with Crippen molar-refractivity contribution in [1.29, 1.82) is 5.26 Å². The van der Waals surface area contributed by atoms with Crippen molar-refractivity contribution in [2.45, 2.75) is 0 Å². The van der Waals surface area contributed by atoms with Crippen LogP contribution in [0.25, 0.3) is 10.2 Å². The summed E-state index contributed by atoms with van der Waals surface area (Å²) < 4.78 is 6.41. The van der Waals surface area contributed by atoms with Gasteiger partial charge in [-0.2, -0.15) is 5.26 Å². The molecule has 6 nitrogen and oxygen atoms in total. The minimum Gasteiger partial charge on any atom is -0.493 e. The number of nitriles is 1. The van der Waals surface area contributed by atoms with E-state index in [2.05, 4.69) is 11.0 Å². The number of anilines is 1. The van der Waals surface area contributed by atoms with E-state index in [1.807, 2.05) is 17.0 Å². The van der Waals surface area contributed by atoms with Gasteiger partial charge in [-0.15, -0.1) is 0 Å². The Labute approximate surface area is 171 Å². The van der Waals surface area contributed by atoms with Gasteiger partial charge in [0.05, 0.1) is 28.5 Å². The van der Waals surface area contributed by atoms with Crippen molar-refractivity contribution >= 4 is 44.2 Å². The standard InChI is InChI=1S/C20H17ClN4O2S/c1-27-18-15(21)6-7-16-17(18)23-20(28-16)25-10-8-24(9-11-25)19(26)14-4-2-13(12-22)3-5-14/h2-7H,8-11H2,1H3. The van der Waals surface area contributed by atoms with Crippen molar-refractivity contribution in [2.75, 3.05) is 38.2 Å². The molecule has 0 spiro atoms. The number of aromatic nitrogens is 1. The summed E-state index contributed by atoms with van der Waals surface area (Å²) in [7, 11) is 1.59. The minimum absolute atomic E-state index is 0.0121. The monoisotopic (exact) mass is 412 g/mol. The zero-order chi connectivity index (χ0) is 19.7. The van der Waals surface area contributed by atoms with Gasteiger partial charge in [-0.1, -0.05) is 22.9 Å². The number of carbonyl (C=O) groups excluding carboxylic acids is 1. The first-order valence-electron chi connectivity index (χ1n) is 8.78. The number of hydrogen-bond donors (Lipinski definition) is 0. The van der Waals surface area contributed by atoms with Crippen LogP contribution >= 0.6 is 22.9 Å². The lowest BCUT2D eigenvalue weighted by Crippen LogP contribution is -2.48. The molecule has 0 atom stereocenters. The van der Waals surface area contributed by atoms with E-state index >= 15 is 0 Å². The molecule has 2 heterocycles. The topological polar surface area (TPSA) is 69.5 Å². The molecule has 0 bridgehead atoms. The molecular formula is C20H17ClN4O2S. The van der Waals surface area contributed by atoms with Crippen LogP contribution in [0.2, 0.25) is 5.02 Å². The van der Waals surface area contributed by atoms with Crippen molar-refractivity contribution in [1.82, 2.24) is 9.88 Å². The van der Waals surface area contributed by atoms with Gasteiger partial charge in [0.1, 0.15) is 5.52 Å². The number of rotatable bonds is 3. The van der Waals surface area contributed by atoms with Gasteiger partial charge in [0.25, 0.3) is 5.91 Å². The van der Waals surface area contributed by atoms with Crippen LogP contribution in [0.1, 0.15) is 15.9 Å². The summed E-state index contributed by atoms with van der Waals surface area (Å²) in [5, 5.41) is 10.3. The van der Waals surface area contributed by atoms with Gasteiger partial charge < -0.3 is 14.5 Å². The lowest BCUT2D eigenvalue weighted by Gasteiger charge is -2.34. The Morgan fingerprint density at radius 3 is 2.54 bits per heavy atom. The van der Waals surface area contributed by atoms with Gasteiger partial charge in [-0.3, -0.25) is 4.79 Å². The molecule has 0 saturated carbocycles. The summed E-state index contributed by atoms with van der Waals surface area (Å²) in [5.41, 5.74) is 1.92. The summed E-state index contributed by atoms with van der Waals surface area (Å²) in [6.07, 6.45) is 0. The molecule has 0 aliphatic carbocycles. The molecule has 1 saturated heterocycles. The third-order valence-electron chi connectivity index (χ3n) is 4.76. The Kier molecular flexibility index (Phi) is 5.07. The maximum atomic E-state index is 12.7. The number of nitrogens with zero attached hydrogens (tertiary/aromatic N) is 4. The van der Waals surface area contributed by atoms with Gasteiger partial charge in [0.15, 0.2) is 10.9 Å². The van der Waals surface area contributed by atoms with E-state index < -0.39 is 0 Å². The average molecular weight is 413 g/mol. The van der Waals surface area contributed by atoms with Gasteiger partial charge in [0.2, 0.25) is 0 Å². The van der Waals surface area contributed by atoms with Crippen LogP contribution in [-0.4, -0.2) is 49.1 Å². The quantitative estimate of drug-likeness (QED) is 0.654. The Balaban J connectivity index is 1.47. The number of halogens is 1. The molecular weight excluding hydrogens is 396 g/mol. The molecule has 1 fully saturated rings. The highest BCUT2D eigenvalue weighted by Crippen LogP contribution is 2.38. The molecule has 0 N–H and O–H groups in total. The van der Waals surface area contributed by atoms with Crippen LogP contribution < -0.4 is 9.64 Å². The van der Waals surface area contributed by atoms with E-state index in [0.717, 1.165) is 15.3 Å². The lowest BCUT2D eigenvalue weighted by molar-refractivity contribution is 0.0747. The molecule has 3 aromatic rings. The number of methoxy groups -OCH3 is 1. The van der Waals surface area contributed by atoms with Gasteiger partial charge in [0, 0.05) is 31.7 Å². The maximum absolute atomic E-state index is 12.7. The van der Waals surface area contributed by atoms with E-state index in [1.165, 1.54) is 0 Å². The second-order valence-corrected chi connectivity index (χ2v) is 7.81. The third-order valence-corrected chi connectivity index (χ3v) is 6.14. The largest absolute Gasteiger partial charge is 0.493 e. The fourth-order valence-electron chi connectivity index (χ4n) is 3.23. The molecule has 1 aliphatic rings. The minimum atomic E-state index is -0.0121. The number of ether oxygens (including phenoxy) is 1. The Hall–Kier alpha value is -2.82. The summed E-state index contributed by atoms with van der Waals surface area (Å²) in [6.45, 7) is 2.65. The van der Waals surface area contributed by atoms with Crippen molar-refractivity contribution < 1.29 is 9.53 Å². The average Bonchev–Trinajstić information content (AvgIpc) is 3.18. The lowest BCUT2D eigenvalue weighted by atomic mass is 10.1. The molecule has 4 rings (SSSR count). The molecule has 142 valence electrons. The number of fused-ring (bicyclic) bond motifs is 1. The summed E-state index contributed by atoms with van der Waals surface area (Å²) in [6, 6.07) is 12.6. The number of benzene rings is 2. The normalized spacial score (nSPS) is 14.2. The van der Waals surface area contributed by atoms with E-state index in [4.69, 9.17) is 26.6 Å². The van der Waals surface area contributed by atoms with Crippen molar-refractivity contribution in [2.24, 2.45) is 0 Å². The number of amides is 1. The number of hydrogen-bond acceptors (Lipinski definition) is 6. The van der Waals surface area contributed by atoms with Crippen LogP contribution in [0, 0.1) is 11.3 Å². The number of piperazine rings is 1. The van der Waals surface area contributed by atoms with E-state index in [1.54, 1.807) is 42.7 Å². The third kappa shape index (κ3) is 3.37. The van der Waals surface area contributed by atoms with Crippen molar-refractivity contribution in [3.05, 3.63) is 52.5 Å². The molecule has 1 aliphatic heterocycles. The Bertz CT molecular complexity index is 1070. The van der Waals surface area contributed by atoms with E-state index in [9.17, 15) is 4.79 Å². The summed E-state index contributed by atoms with van der Waals surface area (Å²) >= 11 is 7.79. The number of carbonyl (C=O) groups is 1. The summed E-state index contributed by atoms with van der Waals surface area (Å²) in [5.74, 6) is 0.582. The van der Waals surface area contributed by atoms with Gasteiger partial charge >= 0.3 is 0 Å². The van der Waals surface area contributed by atoms with Gasteiger partial charge in [-0.05, 0) is 36.4 Å². The molecule has 1 amide bonds. The van der Waals surface area contributed by atoms with Crippen molar-refractivity contribution in [3.63, 3.8) is 0 Å². The second kappa shape index (κ2) is 7.66. The molecule has 0 unspecified atom stereocenters. The van der Waals surface area contributed by atoms with E-state index in [0.29, 0.717) is 48.1 Å². The van der Waals surface area contributed by atoms with Crippen LogP contribution in [0.4, 0.5) is 5.13 Å². The fourth-order valence-corrected chi connectivity index (χ4v) is 4.48. The first-order valence-corrected chi connectivity index (χ1v) is 9.97. The predicted octanol–water partition coefficient (Wildman–Crippen LogP) is 3.79. The van der Waals surface area contributed by atoms with Gasteiger partial charge in [-0.25, -0.2) is 4.98 Å². The highest BCUT2D eigenvalue weighted by molar-refractivity contribution is 7.22. The van der Waals surface area contributed by atoms with Crippen LogP contribution in [0.5, 0.6) is 5.75 Å². The molecule has 28 heavy (non-hydrogen) atoms. The zero-order valence-electron chi connectivity index (χ0n) is 15.2. The number of thiazole rings is 1. The van der Waals surface area contributed by atoms with E-state index in [-0.39, 0.29) is 5.91 Å². The van der Waals surface area contributed by atoms with Crippen LogP contribution in [-0.2, 0) is 0 Å². The van der Waals surface area contributed by atoms with Crippen LogP contribution in [0.15, 0.2) is 36.4 Å². The highest BCUT2D eigenvalue weighted by atomic mass is 35.5. The second-order valence-electron chi connectivity index (χ2n) is 6.39. The van der Waals surface area contributed by atoms with Crippen molar-refractivity contribution in [3.8, 4) is 11.8 Å². The highest BCUT2D eigenvalue weighted by Gasteiger charge is 2.24. The maximum Gasteiger partial charge on any atom is 0.253 e. The SMILES string of the molecule is COc1c(Cl)ccc2sc(N3CCN(C(=O)c4ccc(C#N)cc4)CC3)nc12.